The lowest BCUT2D eigenvalue weighted by atomic mass is 10.0. The van der Waals surface area contributed by atoms with E-state index in [0.29, 0.717) is 12.3 Å². The molecule has 94 valence electrons. The molecule has 0 bridgehead atoms. The number of hydrogen-bond donors (Lipinski definition) is 1. The number of benzene rings is 1. The summed E-state index contributed by atoms with van der Waals surface area (Å²) in [6.07, 6.45) is -0.994. The number of anilines is 1. The fourth-order valence-corrected chi connectivity index (χ4v) is 1.63. The summed E-state index contributed by atoms with van der Waals surface area (Å²) in [4.78, 5) is 12.5. The quantitative estimate of drug-likeness (QED) is 0.799. The van der Waals surface area contributed by atoms with Gasteiger partial charge in [-0.15, -0.1) is 0 Å². The standard InChI is InChI=1S/C13H19NO3/c1-4-17-9-14(13(15)16)12-8-6-5-7-11(12)10(2)3/h5-8,10H,4,9H2,1-3H3,(H,15,16). The van der Waals surface area contributed by atoms with Gasteiger partial charge in [-0.1, -0.05) is 32.0 Å². The molecule has 0 aromatic heterocycles. The number of nitrogens with zero attached hydrogens (tertiary/aromatic N) is 1. The van der Waals surface area contributed by atoms with Crippen molar-refractivity contribution in [3.63, 3.8) is 0 Å². The summed E-state index contributed by atoms with van der Waals surface area (Å²) in [7, 11) is 0. The Morgan fingerprint density at radius 3 is 2.59 bits per heavy atom. The third-order valence-electron chi connectivity index (χ3n) is 2.50. The lowest BCUT2D eigenvalue weighted by molar-refractivity contribution is 0.137. The zero-order chi connectivity index (χ0) is 12.8. The molecule has 0 atom stereocenters. The highest BCUT2D eigenvalue weighted by atomic mass is 16.5. The average molecular weight is 237 g/mol. The first-order chi connectivity index (χ1) is 8.07. The lowest BCUT2D eigenvalue weighted by Gasteiger charge is -2.23. The van der Waals surface area contributed by atoms with Crippen LogP contribution in [0.25, 0.3) is 0 Å². The molecule has 0 fully saturated rings. The first-order valence-electron chi connectivity index (χ1n) is 5.75. The van der Waals surface area contributed by atoms with Crippen LogP contribution in [0.4, 0.5) is 10.5 Å². The molecule has 0 aliphatic carbocycles. The van der Waals surface area contributed by atoms with Gasteiger partial charge in [0.15, 0.2) is 0 Å². The molecule has 1 N–H and O–H groups in total. The van der Waals surface area contributed by atoms with Gasteiger partial charge in [0.25, 0.3) is 0 Å². The van der Waals surface area contributed by atoms with Crippen LogP contribution in [0.15, 0.2) is 24.3 Å². The zero-order valence-corrected chi connectivity index (χ0v) is 10.5. The molecule has 0 aliphatic rings. The minimum Gasteiger partial charge on any atom is -0.465 e. The van der Waals surface area contributed by atoms with Crippen molar-refractivity contribution in [3.8, 4) is 0 Å². The van der Waals surface area contributed by atoms with Crippen molar-refractivity contribution >= 4 is 11.8 Å². The normalized spacial score (nSPS) is 10.6. The molecule has 0 spiro atoms. The summed E-state index contributed by atoms with van der Waals surface area (Å²) in [6, 6.07) is 7.51. The average Bonchev–Trinajstić information content (AvgIpc) is 2.29. The van der Waals surface area contributed by atoms with Crippen LogP contribution in [0.3, 0.4) is 0 Å². The Kier molecular flexibility index (Phi) is 4.97. The second kappa shape index (κ2) is 6.25. The number of para-hydroxylation sites is 1. The SMILES string of the molecule is CCOCN(C(=O)O)c1ccccc1C(C)C. The predicted octanol–water partition coefficient (Wildman–Crippen LogP) is 3.29. The Labute approximate surface area is 102 Å². The third kappa shape index (κ3) is 3.46. The number of hydrogen-bond acceptors (Lipinski definition) is 2. The first kappa shape index (κ1) is 13.5. The summed E-state index contributed by atoms with van der Waals surface area (Å²) in [5.41, 5.74) is 1.71. The van der Waals surface area contributed by atoms with Crippen molar-refractivity contribution in [1.29, 1.82) is 0 Å². The molecule has 0 aliphatic heterocycles. The van der Waals surface area contributed by atoms with Crippen LogP contribution in [-0.4, -0.2) is 24.5 Å². The molecule has 1 amide bonds. The molecular formula is C13H19NO3. The van der Waals surface area contributed by atoms with Crippen LogP contribution in [0.5, 0.6) is 0 Å². The molecule has 0 saturated heterocycles. The van der Waals surface area contributed by atoms with Gasteiger partial charge in [-0.2, -0.15) is 0 Å². The first-order valence-corrected chi connectivity index (χ1v) is 5.75. The van der Waals surface area contributed by atoms with E-state index in [-0.39, 0.29) is 12.6 Å². The van der Waals surface area contributed by atoms with Gasteiger partial charge in [0, 0.05) is 6.61 Å². The van der Waals surface area contributed by atoms with Crippen LogP contribution >= 0.6 is 0 Å². The Morgan fingerprint density at radius 2 is 2.06 bits per heavy atom. The summed E-state index contributed by atoms with van der Waals surface area (Å²) in [5, 5.41) is 9.21. The number of carbonyl (C=O) groups is 1. The van der Waals surface area contributed by atoms with Crippen molar-refractivity contribution < 1.29 is 14.6 Å². The van der Waals surface area contributed by atoms with Crippen LogP contribution in [0.1, 0.15) is 32.3 Å². The zero-order valence-electron chi connectivity index (χ0n) is 10.5. The number of carboxylic acid groups (broad SMARTS) is 1. The maximum atomic E-state index is 11.2. The van der Waals surface area contributed by atoms with Crippen molar-refractivity contribution in [2.75, 3.05) is 18.2 Å². The van der Waals surface area contributed by atoms with E-state index in [4.69, 9.17) is 4.74 Å². The molecule has 0 radical (unpaired) electrons. The summed E-state index contributed by atoms with van der Waals surface area (Å²) < 4.78 is 5.19. The van der Waals surface area contributed by atoms with Gasteiger partial charge in [0.2, 0.25) is 0 Å². The van der Waals surface area contributed by atoms with Crippen LogP contribution in [0.2, 0.25) is 0 Å². The fraction of sp³-hybridized carbons (Fsp3) is 0.462. The highest BCUT2D eigenvalue weighted by Gasteiger charge is 2.18. The Balaban J connectivity index is 3.04. The van der Waals surface area contributed by atoms with E-state index in [1.165, 1.54) is 4.90 Å². The Morgan fingerprint density at radius 1 is 1.41 bits per heavy atom. The van der Waals surface area contributed by atoms with Gasteiger partial charge in [-0.25, -0.2) is 4.79 Å². The number of amides is 1. The summed E-state index contributed by atoms with van der Waals surface area (Å²) >= 11 is 0. The minimum absolute atomic E-state index is 0.0650. The highest BCUT2D eigenvalue weighted by molar-refractivity contribution is 5.87. The Bertz CT molecular complexity index is 377. The second-order valence-electron chi connectivity index (χ2n) is 4.05. The Hall–Kier alpha value is -1.55. The predicted molar refractivity (Wildman–Crippen MR) is 67.5 cm³/mol. The van der Waals surface area contributed by atoms with Gasteiger partial charge in [-0.05, 0) is 24.5 Å². The van der Waals surface area contributed by atoms with E-state index in [1.807, 2.05) is 45.0 Å². The molecule has 1 rings (SSSR count). The van der Waals surface area contributed by atoms with Gasteiger partial charge in [-0.3, -0.25) is 4.90 Å². The van der Waals surface area contributed by atoms with Crippen LogP contribution in [-0.2, 0) is 4.74 Å². The summed E-state index contributed by atoms with van der Waals surface area (Å²) in [5.74, 6) is 0.273. The van der Waals surface area contributed by atoms with Gasteiger partial charge in [0.05, 0.1) is 5.69 Å². The molecule has 0 heterocycles. The topological polar surface area (TPSA) is 49.8 Å². The van der Waals surface area contributed by atoms with E-state index in [0.717, 1.165) is 5.56 Å². The highest BCUT2D eigenvalue weighted by Crippen LogP contribution is 2.27. The van der Waals surface area contributed by atoms with E-state index in [2.05, 4.69) is 0 Å². The maximum Gasteiger partial charge on any atom is 0.413 e. The van der Waals surface area contributed by atoms with Gasteiger partial charge < -0.3 is 9.84 Å². The molecule has 0 unspecified atom stereocenters. The molecular weight excluding hydrogens is 218 g/mol. The monoisotopic (exact) mass is 237 g/mol. The molecule has 17 heavy (non-hydrogen) atoms. The molecule has 1 aromatic carbocycles. The fourth-order valence-electron chi connectivity index (χ4n) is 1.63. The van der Waals surface area contributed by atoms with E-state index in [1.54, 1.807) is 0 Å². The minimum atomic E-state index is -0.994. The largest absolute Gasteiger partial charge is 0.465 e. The number of rotatable bonds is 5. The van der Waals surface area contributed by atoms with Crippen LogP contribution < -0.4 is 4.90 Å². The molecule has 4 nitrogen and oxygen atoms in total. The van der Waals surface area contributed by atoms with Crippen molar-refractivity contribution in [2.45, 2.75) is 26.7 Å². The maximum absolute atomic E-state index is 11.2. The lowest BCUT2D eigenvalue weighted by Crippen LogP contribution is -2.32. The van der Waals surface area contributed by atoms with Crippen molar-refractivity contribution in [3.05, 3.63) is 29.8 Å². The molecule has 1 aromatic rings. The summed E-state index contributed by atoms with van der Waals surface area (Å²) in [6.45, 7) is 6.48. The van der Waals surface area contributed by atoms with Gasteiger partial charge in [0.1, 0.15) is 6.73 Å². The van der Waals surface area contributed by atoms with Crippen LogP contribution in [0, 0.1) is 0 Å². The molecule has 0 saturated carbocycles. The van der Waals surface area contributed by atoms with Crippen molar-refractivity contribution in [2.24, 2.45) is 0 Å². The number of ether oxygens (including phenoxy) is 1. The van der Waals surface area contributed by atoms with E-state index in [9.17, 15) is 9.90 Å². The van der Waals surface area contributed by atoms with Crippen molar-refractivity contribution in [1.82, 2.24) is 0 Å². The van der Waals surface area contributed by atoms with E-state index >= 15 is 0 Å². The van der Waals surface area contributed by atoms with E-state index < -0.39 is 6.09 Å². The third-order valence-corrected chi connectivity index (χ3v) is 2.50. The van der Waals surface area contributed by atoms with Gasteiger partial charge >= 0.3 is 6.09 Å². The molecule has 4 heteroatoms. The smallest absolute Gasteiger partial charge is 0.413 e. The second-order valence-corrected chi connectivity index (χ2v) is 4.05.